The summed E-state index contributed by atoms with van der Waals surface area (Å²) in [5.41, 5.74) is 7.74. The van der Waals surface area contributed by atoms with Gasteiger partial charge in [-0.2, -0.15) is 0 Å². The molecule has 0 fully saturated rings. The van der Waals surface area contributed by atoms with Crippen molar-refractivity contribution in [2.45, 2.75) is 51.9 Å². The zero-order valence-corrected chi connectivity index (χ0v) is 12.9. The minimum atomic E-state index is 0.232. The molecule has 2 aromatic rings. The second-order valence-electron chi connectivity index (χ2n) is 5.96. The van der Waals surface area contributed by atoms with Crippen LogP contribution in [0.3, 0.4) is 0 Å². The fraction of sp³-hybridized carbons (Fsp3) is 0.400. The van der Waals surface area contributed by atoms with E-state index in [0.717, 1.165) is 0 Å². The van der Waals surface area contributed by atoms with Crippen molar-refractivity contribution in [2.75, 3.05) is 0 Å². The molecule has 1 aliphatic carbocycles. The molecule has 3 rings (SSSR count). The molecule has 0 unspecified atom stereocenters. The van der Waals surface area contributed by atoms with Gasteiger partial charge in [0.05, 0.1) is 0 Å². The van der Waals surface area contributed by atoms with E-state index in [1.165, 1.54) is 47.9 Å². The summed E-state index contributed by atoms with van der Waals surface area (Å²) < 4.78 is 0. The molecule has 0 bridgehead atoms. The first-order chi connectivity index (χ1) is 9.76. The van der Waals surface area contributed by atoms with Gasteiger partial charge in [0, 0.05) is 5.41 Å². The number of hydrogen-bond donors (Lipinski definition) is 0. The Bertz CT molecular complexity index is 618. The molecule has 0 nitrogen and oxygen atoms in total. The highest BCUT2D eigenvalue weighted by Gasteiger charge is 2.40. The van der Waals surface area contributed by atoms with E-state index in [4.69, 9.17) is 0 Å². The van der Waals surface area contributed by atoms with Gasteiger partial charge < -0.3 is 0 Å². The lowest BCUT2D eigenvalue weighted by Crippen LogP contribution is -2.23. The lowest BCUT2D eigenvalue weighted by atomic mass is 9.73. The molecular formula is C20H24. The summed E-state index contributed by atoms with van der Waals surface area (Å²) in [7, 11) is 0. The first-order valence-electron chi connectivity index (χ1n) is 8.00. The van der Waals surface area contributed by atoms with Crippen LogP contribution in [-0.4, -0.2) is 0 Å². The number of hydrogen-bond acceptors (Lipinski definition) is 0. The molecule has 1 aliphatic rings. The zero-order chi connectivity index (χ0) is 14.2. The highest BCUT2D eigenvalue weighted by Crippen LogP contribution is 2.52. The van der Waals surface area contributed by atoms with Gasteiger partial charge in [-0.15, -0.1) is 0 Å². The monoisotopic (exact) mass is 264 g/mol. The molecule has 0 saturated carbocycles. The van der Waals surface area contributed by atoms with Crippen LogP contribution in [0.2, 0.25) is 0 Å². The van der Waals surface area contributed by atoms with Gasteiger partial charge in [0.25, 0.3) is 0 Å². The third-order valence-corrected chi connectivity index (χ3v) is 5.08. The minimum Gasteiger partial charge on any atom is -0.0651 e. The van der Waals surface area contributed by atoms with Crippen LogP contribution in [0.4, 0.5) is 0 Å². The Balaban J connectivity index is 2.25. The van der Waals surface area contributed by atoms with Gasteiger partial charge in [-0.3, -0.25) is 0 Å². The molecule has 0 heteroatoms. The summed E-state index contributed by atoms with van der Waals surface area (Å²) in [4.78, 5) is 0. The normalized spacial score (nSPS) is 14.9. The minimum absolute atomic E-state index is 0.232. The predicted molar refractivity (Wildman–Crippen MR) is 87.2 cm³/mol. The van der Waals surface area contributed by atoms with E-state index < -0.39 is 0 Å². The standard InChI is InChI=1S/C20H24/c1-4-9-15-12-13-17-16-10-7-8-11-18(16)20(5-2,6-3)19(17)14-15/h7-8,10-14H,4-6,9H2,1-3H3. The Hall–Kier alpha value is -1.56. The summed E-state index contributed by atoms with van der Waals surface area (Å²) >= 11 is 0. The van der Waals surface area contributed by atoms with Crippen LogP contribution >= 0.6 is 0 Å². The lowest BCUT2D eigenvalue weighted by molar-refractivity contribution is 0.490. The largest absolute Gasteiger partial charge is 0.0651 e. The van der Waals surface area contributed by atoms with Crippen molar-refractivity contribution in [3.63, 3.8) is 0 Å². The Labute approximate surface area is 122 Å². The van der Waals surface area contributed by atoms with Crippen LogP contribution in [0.5, 0.6) is 0 Å². The predicted octanol–water partition coefficient (Wildman–Crippen LogP) is 5.73. The fourth-order valence-corrected chi connectivity index (χ4v) is 3.96. The van der Waals surface area contributed by atoms with Crippen LogP contribution in [0.25, 0.3) is 11.1 Å². The highest BCUT2D eigenvalue weighted by molar-refractivity contribution is 5.81. The molecular weight excluding hydrogens is 240 g/mol. The van der Waals surface area contributed by atoms with Crippen molar-refractivity contribution in [2.24, 2.45) is 0 Å². The summed E-state index contributed by atoms with van der Waals surface area (Å²) in [6.07, 6.45) is 4.77. The average molecular weight is 264 g/mol. The second kappa shape index (κ2) is 5.09. The van der Waals surface area contributed by atoms with Crippen molar-refractivity contribution in [3.05, 3.63) is 59.2 Å². The maximum Gasteiger partial charge on any atom is 0.0210 e. The van der Waals surface area contributed by atoms with Crippen LogP contribution < -0.4 is 0 Å². The molecule has 104 valence electrons. The zero-order valence-electron chi connectivity index (χ0n) is 12.9. The summed E-state index contributed by atoms with van der Waals surface area (Å²) in [6.45, 7) is 6.93. The third kappa shape index (κ3) is 1.74. The maximum atomic E-state index is 2.48. The molecule has 0 heterocycles. The maximum absolute atomic E-state index is 2.48. The van der Waals surface area contributed by atoms with Gasteiger partial charge >= 0.3 is 0 Å². The molecule has 0 radical (unpaired) electrons. The fourth-order valence-electron chi connectivity index (χ4n) is 3.96. The molecule has 0 atom stereocenters. The summed E-state index contributed by atoms with van der Waals surface area (Å²) in [6, 6.07) is 16.1. The molecule has 2 aromatic carbocycles. The summed E-state index contributed by atoms with van der Waals surface area (Å²) in [5.74, 6) is 0. The Morgan fingerprint density at radius 1 is 0.800 bits per heavy atom. The Kier molecular flexibility index (Phi) is 3.41. The van der Waals surface area contributed by atoms with Gasteiger partial charge in [0.2, 0.25) is 0 Å². The smallest absolute Gasteiger partial charge is 0.0210 e. The lowest BCUT2D eigenvalue weighted by Gasteiger charge is -2.29. The Morgan fingerprint density at radius 3 is 2.20 bits per heavy atom. The van der Waals surface area contributed by atoms with Gasteiger partial charge in [0.15, 0.2) is 0 Å². The van der Waals surface area contributed by atoms with Crippen molar-refractivity contribution in [3.8, 4) is 11.1 Å². The number of aryl methyl sites for hydroxylation is 1. The van der Waals surface area contributed by atoms with Gasteiger partial charge in [-0.05, 0) is 47.1 Å². The third-order valence-electron chi connectivity index (χ3n) is 5.08. The molecule has 0 amide bonds. The summed E-state index contributed by atoms with van der Waals surface area (Å²) in [5, 5.41) is 0. The molecule has 0 aromatic heterocycles. The second-order valence-corrected chi connectivity index (χ2v) is 5.96. The van der Waals surface area contributed by atoms with Crippen molar-refractivity contribution < 1.29 is 0 Å². The van der Waals surface area contributed by atoms with Crippen LogP contribution in [-0.2, 0) is 11.8 Å². The average Bonchev–Trinajstić information content (AvgIpc) is 2.78. The number of benzene rings is 2. The van der Waals surface area contributed by atoms with Crippen LogP contribution in [0, 0.1) is 0 Å². The molecule has 0 spiro atoms. The molecule has 0 saturated heterocycles. The van der Waals surface area contributed by atoms with Crippen molar-refractivity contribution in [1.29, 1.82) is 0 Å². The molecule has 0 aliphatic heterocycles. The first-order valence-corrected chi connectivity index (χ1v) is 8.00. The van der Waals surface area contributed by atoms with Gasteiger partial charge in [-0.25, -0.2) is 0 Å². The van der Waals surface area contributed by atoms with Crippen LogP contribution in [0.1, 0.15) is 56.7 Å². The SMILES string of the molecule is CCCc1ccc2c(c1)C(CC)(CC)c1ccccc1-2. The van der Waals surface area contributed by atoms with E-state index in [-0.39, 0.29) is 5.41 Å². The molecule has 0 N–H and O–H groups in total. The number of fused-ring (bicyclic) bond motifs is 3. The van der Waals surface area contributed by atoms with Crippen LogP contribution in [0.15, 0.2) is 42.5 Å². The van der Waals surface area contributed by atoms with E-state index in [9.17, 15) is 0 Å². The topological polar surface area (TPSA) is 0 Å². The van der Waals surface area contributed by atoms with E-state index in [0.29, 0.717) is 0 Å². The van der Waals surface area contributed by atoms with Gasteiger partial charge in [-0.1, -0.05) is 69.7 Å². The van der Waals surface area contributed by atoms with Gasteiger partial charge in [0.1, 0.15) is 0 Å². The first kappa shape index (κ1) is 13.4. The quantitative estimate of drug-likeness (QED) is 0.662. The molecule has 20 heavy (non-hydrogen) atoms. The van der Waals surface area contributed by atoms with E-state index in [2.05, 4.69) is 63.2 Å². The highest BCUT2D eigenvalue weighted by atomic mass is 14.4. The van der Waals surface area contributed by atoms with E-state index in [1.807, 2.05) is 0 Å². The van der Waals surface area contributed by atoms with E-state index in [1.54, 1.807) is 5.56 Å². The van der Waals surface area contributed by atoms with E-state index >= 15 is 0 Å². The number of rotatable bonds is 4. The van der Waals surface area contributed by atoms with Crippen molar-refractivity contribution in [1.82, 2.24) is 0 Å². The Morgan fingerprint density at radius 2 is 1.50 bits per heavy atom. The van der Waals surface area contributed by atoms with Crippen molar-refractivity contribution >= 4 is 0 Å².